The van der Waals surface area contributed by atoms with Gasteiger partial charge in [-0.05, 0) is 37.8 Å². The molecule has 0 radical (unpaired) electrons. The van der Waals surface area contributed by atoms with E-state index in [9.17, 15) is 4.79 Å². The van der Waals surface area contributed by atoms with Gasteiger partial charge in [0.25, 0.3) is 0 Å². The van der Waals surface area contributed by atoms with Crippen LogP contribution >= 0.6 is 0 Å². The first kappa shape index (κ1) is 22.8. The van der Waals surface area contributed by atoms with Crippen LogP contribution in [0.3, 0.4) is 0 Å². The van der Waals surface area contributed by atoms with Gasteiger partial charge in [-0.15, -0.1) is 5.10 Å². The van der Waals surface area contributed by atoms with Gasteiger partial charge in [0.2, 0.25) is 11.9 Å². The number of carbonyl (C=O) groups is 1. The fourth-order valence-electron chi connectivity index (χ4n) is 4.28. The maximum absolute atomic E-state index is 11.4. The normalized spacial score (nSPS) is 17.7. The largest absolute Gasteiger partial charge is 0.380 e. The molecule has 5 rings (SSSR count). The SMILES string of the molecule is CCOCCn1cc(-c2ccc(Cn3nnc4cnc(N[C@@H]5CC[C@@H](C(N)=O)C5)nc43)cn2)cn1. The molecule has 1 saturated carbocycles. The summed E-state index contributed by atoms with van der Waals surface area (Å²) in [5.74, 6) is 0.150. The lowest BCUT2D eigenvalue weighted by atomic mass is 10.1. The Morgan fingerprint density at radius 1 is 1.23 bits per heavy atom. The van der Waals surface area contributed by atoms with Gasteiger partial charge in [0.1, 0.15) is 0 Å². The summed E-state index contributed by atoms with van der Waals surface area (Å²) >= 11 is 0. The smallest absolute Gasteiger partial charge is 0.225 e. The lowest BCUT2D eigenvalue weighted by Gasteiger charge is -2.12. The van der Waals surface area contributed by atoms with Crippen LogP contribution in [0.1, 0.15) is 31.7 Å². The standard InChI is InChI=1S/C23H28N10O2/c1-2-35-8-7-32-14-17(11-27-32)19-6-3-15(10-25-19)13-33-22-20(30-31-33)12-26-23(29-22)28-18-5-4-16(9-18)21(24)34/h3,6,10-12,14,16,18H,2,4-5,7-9,13H2,1H3,(H2,24,34)(H,26,28,29)/t16-,18-/m1/s1. The van der Waals surface area contributed by atoms with Crippen LogP contribution in [0.25, 0.3) is 22.4 Å². The number of primary amides is 1. The number of amides is 1. The van der Waals surface area contributed by atoms with Crippen LogP contribution < -0.4 is 11.1 Å². The molecule has 4 aromatic rings. The Labute approximate surface area is 201 Å². The van der Waals surface area contributed by atoms with Crippen molar-refractivity contribution in [3.63, 3.8) is 0 Å². The van der Waals surface area contributed by atoms with Crippen molar-refractivity contribution in [1.29, 1.82) is 0 Å². The topological polar surface area (TPSA) is 152 Å². The van der Waals surface area contributed by atoms with Gasteiger partial charge < -0.3 is 15.8 Å². The Kier molecular flexibility index (Phi) is 6.62. The Balaban J connectivity index is 1.25. The molecule has 1 fully saturated rings. The summed E-state index contributed by atoms with van der Waals surface area (Å²) in [6.45, 7) is 4.48. The van der Waals surface area contributed by atoms with E-state index < -0.39 is 0 Å². The molecule has 4 aromatic heterocycles. The summed E-state index contributed by atoms with van der Waals surface area (Å²) in [5.41, 5.74) is 9.45. The van der Waals surface area contributed by atoms with Crippen molar-refractivity contribution in [2.75, 3.05) is 18.5 Å². The van der Waals surface area contributed by atoms with Crippen molar-refractivity contribution in [2.24, 2.45) is 11.7 Å². The maximum atomic E-state index is 11.4. The van der Waals surface area contributed by atoms with E-state index in [-0.39, 0.29) is 17.9 Å². The third-order valence-corrected chi connectivity index (χ3v) is 6.18. The fraction of sp³-hybridized carbons (Fsp3) is 0.435. The number of fused-ring (bicyclic) bond motifs is 1. The number of nitrogens with one attached hydrogen (secondary N) is 1. The summed E-state index contributed by atoms with van der Waals surface area (Å²) in [4.78, 5) is 25.0. The van der Waals surface area contributed by atoms with Crippen LogP contribution in [0.4, 0.5) is 5.95 Å². The zero-order chi connectivity index (χ0) is 24.2. The van der Waals surface area contributed by atoms with Gasteiger partial charge in [0.05, 0.1) is 37.8 Å². The van der Waals surface area contributed by atoms with E-state index in [0.29, 0.717) is 49.8 Å². The summed E-state index contributed by atoms with van der Waals surface area (Å²) in [6.07, 6.45) is 9.58. The van der Waals surface area contributed by atoms with Crippen molar-refractivity contribution in [3.8, 4) is 11.3 Å². The van der Waals surface area contributed by atoms with Crippen molar-refractivity contribution in [3.05, 3.63) is 42.5 Å². The molecule has 0 saturated heterocycles. The summed E-state index contributed by atoms with van der Waals surface area (Å²) in [7, 11) is 0. The third kappa shape index (κ3) is 5.27. The van der Waals surface area contributed by atoms with E-state index in [1.54, 1.807) is 17.1 Å². The molecule has 0 aliphatic heterocycles. The molecule has 1 aliphatic rings. The monoisotopic (exact) mass is 476 g/mol. The zero-order valence-electron chi connectivity index (χ0n) is 19.5. The Bertz CT molecular complexity index is 1300. The lowest BCUT2D eigenvalue weighted by Crippen LogP contribution is -2.23. The first-order valence-corrected chi connectivity index (χ1v) is 11.8. The number of aromatic nitrogens is 8. The number of carbonyl (C=O) groups excluding carboxylic acids is 1. The Hall–Kier alpha value is -3.93. The van der Waals surface area contributed by atoms with Gasteiger partial charge in [-0.25, -0.2) is 9.67 Å². The minimum atomic E-state index is -0.247. The molecule has 182 valence electrons. The molecule has 12 nitrogen and oxygen atoms in total. The summed E-state index contributed by atoms with van der Waals surface area (Å²) in [5, 5.41) is 16.1. The number of nitrogens with two attached hydrogens (primary N) is 1. The molecule has 0 aromatic carbocycles. The number of pyridine rings is 1. The summed E-state index contributed by atoms with van der Waals surface area (Å²) in [6, 6.07) is 4.10. The van der Waals surface area contributed by atoms with Crippen LogP contribution in [0, 0.1) is 5.92 Å². The van der Waals surface area contributed by atoms with Crippen LogP contribution in [0.15, 0.2) is 36.9 Å². The Morgan fingerprint density at radius 2 is 2.14 bits per heavy atom. The first-order valence-electron chi connectivity index (χ1n) is 11.8. The molecular formula is C23H28N10O2. The molecule has 1 amide bonds. The second-order valence-electron chi connectivity index (χ2n) is 8.64. The maximum Gasteiger partial charge on any atom is 0.225 e. The first-order chi connectivity index (χ1) is 17.1. The number of rotatable bonds is 10. The fourth-order valence-corrected chi connectivity index (χ4v) is 4.28. The lowest BCUT2D eigenvalue weighted by molar-refractivity contribution is -0.121. The minimum Gasteiger partial charge on any atom is -0.380 e. The quantitative estimate of drug-likeness (QED) is 0.325. The van der Waals surface area contributed by atoms with E-state index in [4.69, 9.17) is 10.5 Å². The minimum absolute atomic E-state index is 0.0942. The van der Waals surface area contributed by atoms with E-state index in [1.165, 1.54) is 0 Å². The second-order valence-corrected chi connectivity index (χ2v) is 8.64. The Morgan fingerprint density at radius 3 is 2.91 bits per heavy atom. The molecule has 2 atom stereocenters. The number of hydrogen-bond donors (Lipinski definition) is 2. The number of ether oxygens (including phenoxy) is 1. The van der Waals surface area contributed by atoms with Gasteiger partial charge >= 0.3 is 0 Å². The van der Waals surface area contributed by atoms with Crippen LogP contribution in [-0.4, -0.2) is 64.9 Å². The summed E-state index contributed by atoms with van der Waals surface area (Å²) < 4.78 is 8.96. The molecule has 0 spiro atoms. The molecule has 0 bridgehead atoms. The molecule has 1 aliphatic carbocycles. The average molecular weight is 477 g/mol. The zero-order valence-corrected chi connectivity index (χ0v) is 19.5. The number of anilines is 1. The van der Waals surface area contributed by atoms with Crippen molar-refractivity contribution in [1.82, 2.24) is 39.7 Å². The number of hydrogen-bond acceptors (Lipinski definition) is 9. The third-order valence-electron chi connectivity index (χ3n) is 6.18. The highest BCUT2D eigenvalue weighted by atomic mass is 16.5. The van der Waals surface area contributed by atoms with Crippen LogP contribution in [-0.2, 0) is 22.6 Å². The van der Waals surface area contributed by atoms with Crippen LogP contribution in [0.2, 0.25) is 0 Å². The highest BCUT2D eigenvalue weighted by Crippen LogP contribution is 2.27. The van der Waals surface area contributed by atoms with Gasteiger partial charge in [0, 0.05) is 36.5 Å². The van der Waals surface area contributed by atoms with Gasteiger partial charge in [0.15, 0.2) is 11.2 Å². The molecule has 35 heavy (non-hydrogen) atoms. The van der Waals surface area contributed by atoms with Gasteiger partial charge in [-0.1, -0.05) is 11.3 Å². The highest BCUT2D eigenvalue weighted by molar-refractivity contribution is 5.77. The van der Waals surface area contributed by atoms with Gasteiger partial charge in [-0.2, -0.15) is 10.1 Å². The molecular weight excluding hydrogens is 448 g/mol. The van der Waals surface area contributed by atoms with Crippen molar-refractivity contribution >= 4 is 23.0 Å². The predicted octanol–water partition coefficient (Wildman–Crippen LogP) is 1.63. The molecule has 0 unspecified atom stereocenters. The van der Waals surface area contributed by atoms with Crippen molar-refractivity contribution < 1.29 is 9.53 Å². The van der Waals surface area contributed by atoms with Crippen molar-refractivity contribution in [2.45, 2.75) is 45.3 Å². The second kappa shape index (κ2) is 10.1. The molecule has 3 N–H and O–H groups in total. The number of nitrogens with zero attached hydrogens (tertiary/aromatic N) is 8. The molecule has 4 heterocycles. The van der Waals surface area contributed by atoms with E-state index in [2.05, 4.69) is 35.7 Å². The van der Waals surface area contributed by atoms with E-state index in [1.807, 2.05) is 36.1 Å². The molecule has 12 heteroatoms. The van der Waals surface area contributed by atoms with Crippen LogP contribution in [0.5, 0.6) is 0 Å². The van der Waals surface area contributed by atoms with Gasteiger partial charge in [-0.3, -0.25) is 14.5 Å². The predicted molar refractivity (Wildman–Crippen MR) is 128 cm³/mol. The highest BCUT2D eigenvalue weighted by Gasteiger charge is 2.28. The van der Waals surface area contributed by atoms with E-state index >= 15 is 0 Å². The average Bonchev–Trinajstić information content (AvgIpc) is 3.61. The van der Waals surface area contributed by atoms with E-state index in [0.717, 1.165) is 29.7 Å².